The molecule has 2 N–H and O–H groups in total. The predicted octanol–water partition coefficient (Wildman–Crippen LogP) is 3.55. The summed E-state index contributed by atoms with van der Waals surface area (Å²) >= 11 is 0. The van der Waals surface area contributed by atoms with Crippen LogP contribution >= 0.6 is 0 Å². The van der Waals surface area contributed by atoms with E-state index in [0.717, 1.165) is 17.0 Å². The van der Waals surface area contributed by atoms with Gasteiger partial charge in [0.2, 0.25) is 0 Å². The quantitative estimate of drug-likeness (QED) is 0.683. The van der Waals surface area contributed by atoms with E-state index in [1.54, 1.807) is 30.9 Å². The average molecular weight is 348 g/mol. The first-order valence-electron chi connectivity index (χ1n) is 8.37. The molecule has 0 bridgehead atoms. The van der Waals surface area contributed by atoms with Crippen molar-refractivity contribution in [1.82, 2.24) is 15.3 Å². The van der Waals surface area contributed by atoms with E-state index in [-0.39, 0.29) is 5.91 Å². The van der Waals surface area contributed by atoms with Crippen LogP contribution < -0.4 is 15.4 Å². The Morgan fingerprint density at radius 3 is 2.69 bits per heavy atom. The number of hydrogen-bond donors (Lipinski definition) is 2. The average Bonchev–Trinajstić information content (AvgIpc) is 2.69. The minimum absolute atomic E-state index is 0.184. The number of benzene rings is 1. The van der Waals surface area contributed by atoms with Crippen molar-refractivity contribution < 1.29 is 9.53 Å². The first-order chi connectivity index (χ1) is 12.8. The van der Waals surface area contributed by atoms with Crippen LogP contribution in [0.15, 0.2) is 67.3 Å². The van der Waals surface area contributed by atoms with Crippen molar-refractivity contribution in [1.29, 1.82) is 0 Å². The monoisotopic (exact) mass is 348 g/mol. The Morgan fingerprint density at radius 1 is 1.08 bits per heavy atom. The van der Waals surface area contributed by atoms with Gasteiger partial charge in [-0.15, -0.1) is 0 Å². The van der Waals surface area contributed by atoms with Crippen LogP contribution in [0.5, 0.6) is 5.75 Å². The minimum Gasteiger partial charge on any atom is -0.492 e. The Balaban J connectivity index is 1.69. The van der Waals surface area contributed by atoms with Crippen molar-refractivity contribution >= 4 is 17.3 Å². The number of pyridine rings is 2. The summed E-state index contributed by atoms with van der Waals surface area (Å²) in [5, 5.41) is 6.13. The molecular weight excluding hydrogens is 328 g/mol. The molecule has 0 radical (unpaired) electrons. The van der Waals surface area contributed by atoms with E-state index >= 15 is 0 Å². The number of carbonyl (C=O) groups excluding carboxylic acids is 1. The number of hydrogen-bond acceptors (Lipinski definition) is 5. The van der Waals surface area contributed by atoms with E-state index in [4.69, 9.17) is 4.74 Å². The molecule has 0 fully saturated rings. The Hall–Kier alpha value is -3.41. The molecule has 26 heavy (non-hydrogen) atoms. The first kappa shape index (κ1) is 17.4. The highest BCUT2D eigenvalue weighted by atomic mass is 16.5. The van der Waals surface area contributed by atoms with Gasteiger partial charge in [-0.1, -0.05) is 12.1 Å². The zero-order chi connectivity index (χ0) is 18.2. The maximum Gasteiger partial charge on any atom is 0.253 e. The summed E-state index contributed by atoms with van der Waals surface area (Å²) in [7, 11) is 0. The standard InChI is InChI=1S/C20H20N4O2/c1-2-26-19-6-4-3-5-18(19)24-17-11-16(13-22-14-17)20(25)23-12-15-7-9-21-10-8-15/h3-11,13-14,24H,2,12H2,1H3,(H,23,25). The summed E-state index contributed by atoms with van der Waals surface area (Å²) < 4.78 is 5.61. The Kier molecular flexibility index (Phi) is 5.77. The number of anilines is 2. The van der Waals surface area contributed by atoms with Gasteiger partial charge in [0.25, 0.3) is 5.91 Å². The maximum absolute atomic E-state index is 12.4. The van der Waals surface area contributed by atoms with Crippen molar-refractivity contribution in [3.8, 4) is 5.75 Å². The van der Waals surface area contributed by atoms with E-state index in [1.807, 2.05) is 43.3 Å². The molecule has 132 valence electrons. The predicted molar refractivity (Wildman–Crippen MR) is 101 cm³/mol. The molecule has 3 aromatic rings. The first-order valence-corrected chi connectivity index (χ1v) is 8.37. The van der Waals surface area contributed by atoms with E-state index in [9.17, 15) is 4.79 Å². The fourth-order valence-corrected chi connectivity index (χ4v) is 2.42. The lowest BCUT2D eigenvalue weighted by molar-refractivity contribution is 0.0950. The molecule has 0 aliphatic heterocycles. The fourth-order valence-electron chi connectivity index (χ4n) is 2.42. The second-order valence-electron chi connectivity index (χ2n) is 5.55. The minimum atomic E-state index is -0.184. The number of ether oxygens (including phenoxy) is 1. The molecular formula is C20H20N4O2. The second-order valence-corrected chi connectivity index (χ2v) is 5.55. The molecule has 6 heteroatoms. The number of para-hydroxylation sites is 2. The lowest BCUT2D eigenvalue weighted by atomic mass is 10.2. The van der Waals surface area contributed by atoms with Crippen LogP contribution in [0.4, 0.5) is 11.4 Å². The molecule has 0 atom stereocenters. The SMILES string of the molecule is CCOc1ccccc1Nc1cncc(C(=O)NCc2ccncc2)c1. The lowest BCUT2D eigenvalue weighted by Gasteiger charge is -2.12. The summed E-state index contributed by atoms with van der Waals surface area (Å²) in [6.45, 7) is 2.95. The van der Waals surface area contributed by atoms with E-state index < -0.39 is 0 Å². The normalized spacial score (nSPS) is 10.2. The molecule has 3 rings (SSSR count). The topological polar surface area (TPSA) is 76.1 Å². The molecule has 0 saturated heterocycles. The number of aromatic nitrogens is 2. The smallest absolute Gasteiger partial charge is 0.253 e. The molecule has 0 aliphatic carbocycles. The van der Waals surface area contributed by atoms with Crippen LogP contribution in [0.1, 0.15) is 22.8 Å². The zero-order valence-corrected chi connectivity index (χ0v) is 14.5. The summed E-state index contributed by atoms with van der Waals surface area (Å²) in [5.41, 5.74) is 3.01. The van der Waals surface area contributed by atoms with Gasteiger partial charge in [0.15, 0.2) is 0 Å². The summed E-state index contributed by atoms with van der Waals surface area (Å²) in [6.07, 6.45) is 6.61. The lowest BCUT2D eigenvalue weighted by Crippen LogP contribution is -2.23. The third-order valence-electron chi connectivity index (χ3n) is 3.67. The molecule has 0 unspecified atom stereocenters. The Bertz CT molecular complexity index is 868. The van der Waals surface area contributed by atoms with E-state index in [1.165, 1.54) is 0 Å². The maximum atomic E-state index is 12.4. The summed E-state index contributed by atoms with van der Waals surface area (Å²) in [5.74, 6) is 0.568. The molecule has 6 nitrogen and oxygen atoms in total. The molecule has 0 aliphatic rings. The highest BCUT2D eigenvalue weighted by Gasteiger charge is 2.08. The Morgan fingerprint density at radius 2 is 1.88 bits per heavy atom. The molecule has 1 amide bonds. The van der Waals surface area contributed by atoms with Crippen molar-refractivity contribution in [2.24, 2.45) is 0 Å². The van der Waals surface area contributed by atoms with Crippen molar-refractivity contribution in [3.05, 3.63) is 78.4 Å². The van der Waals surface area contributed by atoms with Gasteiger partial charge in [-0.3, -0.25) is 14.8 Å². The molecule has 2 heterocycles. The van der Waals surface area contributed by atoms with Crippen LogP contribution in [0.2, 0.25) is 0 Å². The van der Waals surface area contributed by atoms with Gasteiger partial charge in [-0.2, -0.15) is 0 Å². The van der Waals surface area contributed by atoms with Crippen LogP contribution in [0.3, 0.4) is 0 Å². The van der Waals surface area contributed by atoms with E-state index in [2.05, 4.69) is 20.6 Å². The fraction of sp³-hybridized carbons (Fsp3) is 0.150. The van der Waals surface area contributed by atoms with Crippen LogP contribution in [0.25, 0.3) is 0 Å². The van der Waals surface area contributed by atoms with Gasteiger partial charge in [0.1, 0.15) is 5.75 Å². The van der Waals surface area contributed by atoms with Crippen molar-refractivity contribution in [3.63, 3.8) is 0 Å². The van der Waals surface area contributed by atoms with Gasteiger partial charge in [-0.05, 0) is 42.8 Å². The number of carbonyl (C=O) groups is 1. The van der Waals surface area contributed by atoms with E-state index in [0.29, 0.717) is 24.4 Å². The number of amides is 1. The highest BCUT2D eigenvalue weighted by Crippen LogP contribution is 2.27. The van der Waals surface area contributed by atoms with Gasteiger partial charge in [0.05, 0.1) is 29.7 Å². The summed E-state index contributed by atoms with van der Waals surface area (Å²) in [6, 6.07) is 13.1. The number of nitrogens with one attached hydrogen (secondary N) is 2. The summed E-state index contributed by atoms with van der Waals surface area (Å²) in [4.78, 5) is 20.5. The molecule has 1 aromatic carbocycles. The van der Waals surface area contributed by atoms with Crippen molar-refractivity contribution in [2.45, 2.75) is 13.5 Å². The molecule has 0 saturated carbocycles. The highest BCUT2D eigenvalue weighted by molar-refractivity contribution is 5.94. The zero-order valence-electron chi connectivity index (χ0n) is 14.5. The second kappa shape index (κ2) is 8.62. The van der Waals surface area contributed by atoms with Gasteiger partial charge < -0.3 is 15.4 Å². The van der Waals surface area contributed by atoms with Crippen LogP contribution in [-0.4, -0.2) is 22.5 Å². The van der Waals surface area contributed by atoms with Crippen LogP contribution in [0, 0.1) is 0 Å². The third-order valence-corrected chi connectivity index (χ3v) is 3.67. The van der Waals surface area contributed by atoms with Gasteiger partial charge >= 0.3 is 0 Å². The van der Waals surface area contributed by atoms with Crippen molar-refractivity contribution in [2.75, 3.05) is 11.9 Å². The molecule has 0 spiro atoms. The van der Waals surface area contributed by atoms with Gasteiger partial charge in [-0.25, -0.2) is 0 Å². The number of rotatable bonds is 7. The Labute approximate surface area is 152 Å². The largest absolute Gasteiger partial charge is 0.492 e. The number of nitrogens with zero attached hydrogens (tertiary/aromatic N) is 2. The van der Waals surface area contributed by atoms with Crippen LogP contribution in [-0.2, 0) is 6.54 Å². The molecule has 2 aromatic heterocycles. The third kappa shape index (κ3) is 4.57. The van der Waals surface area contributed by atoms with Gasteiger partial charge in [0, 0.05) is 25.1 Å².